The van der Waals surface area contributed by atoms with Crippen LogP contribution in [0.15, 0.2) is 11.1 Å². The summed E-state index contributed by atoms with van der Waals surface area (Å²) >= 11 is 3.24. The van der Waals surface area contributed by atoms with Crippen LogP contribution in [-0.4, -0.2) is 12.5 Å². The van der Waals surface area contributed by atoms with E-state index in [1.807, 2.05) is 0 Å². The second-order valence-corrected chi connectivity index (χ2v) is 6.05. The molecule has 2 bridgehead atoms. The number of halogens is 1. The summed E-state index contributed by atoms with van der Waals surface area (Å²) in [7, 11) is 0. The van der Waals surface area contributed by atoms with Crippen molar-refractivity contribution in [2.45, 2.75) is 32.1 Å². The zero-order valence-corrected chi connectivity index (χ0v) is 10.6. The fourth-order valence-electron chi connectivity index (χ4n) is 3.13. The fourth-order valence-corrected chi connectivity index (χ4v) is 3.27. The summed E-state index contributed by atoms with van der Waals surface area (Å²) in [5.41, 5.74) is 0. The third-order valence-corrected chi connectivity index (χ3v) is 4.09. The molecule has 3 unspecified atom stereocenters. The lowest BCUT2D eigenvalue weighted by Gasteiger charge is -2.20. The Hall–Kier alpha value is -0.310. The average molecular weight is 272 g/mol. The number of nitrogens with one attached hydrogen (secondary N) is 1. The molecule has 0 radical (unpaired) electrons. The van der Waals surface area contributed by atoms with Gasteiger partial charge in [0.2, 0.25) is 5.91 Å². The van der Waals surface area contributed by atoms with Crippen LogP contribution in [0.2, 0.25) is 0 Å². The van der Waals surface area contributed by atoms with E-state index in [4.69, 9.17) is 0 Å². The Bertz CT molecular complexity index is 277. The van der Waals surface area contributed by atoms with Crippen molar-refractivity contribution in [3.05, 3.63) is 11.1 Å². The molecular weight excluding hydrogens is 254 g/mol. The number of carbonyl (C=O) groups is 1. The Balaban J connectivity index is 1.73. The fraction of sp³-hybridized carbons (Fsp3) is 0.750. The minimum atomic E-state index is 0.188. The number of fused-ring (bicyclic) bond motifs is 2. The van der Waals surface area contributed by atoms with Gasteiger partial charge in [0.05, 0.1) is 0 Å². The van der Waals surface area contributed by atoms with Crippen LogP contribution in [0.25, 0.3) is 0 Å². The molecule has 2 saturated carbocycles. The predicted octanol–water partition coefficient (Wildman–Crippen LogP) is 2.84. The highest BCUT2D eigenvalue weighted by Gasteiger charge is 2.39. The lowest BCUT2D eigenvalue weighted by Crippen LogP contribution is -2.28. The van der Waals surface area contributed by atoms with Crippen molar-refractivity contribution in [1.82, 2.24) is 5.32 Å². The van der Waals surface area contributed by atoms with E-state index in [1.54, 1.807) is 0 Å². The van der Waals surface area contributed by atoms with Crippen LogP contribution in [-0.2, 0) is 4.79 Å². The van der Waals surface area contributed by atoms with Crippen LogP contribution in [0, 0.1) is 17.8 Å². The van der Waals surface area contributed by atoms with E-state index < -0.39 is 0 Å². The monoisotopic (exact) mass is 271 g/mol. The molecule has 0 heterocycles. The lowest BCUT2D eigenvalue weighted by atomic mass is 9.86. The van der Waals surface area contributed by atoms with Crippen LogP contribution in [0.3, 0.4) is 0 Å². The molecule has 2 fully saturated rings. The maximum atomic E-state index is 11.6. The maximum Gasteiger partial charge on any atom is 0.220 e. The molecule has 2 rings (SSSR count). The average Bonchev–Trinajstić information content (AvgIpc) is 2.76. The Morgan fingerprint density at radius 3 is 2.73 bits per heavy atom. The highest BCUT2D eigenvalue weighted by atomic mass is 79.9. The van der Waals surface area contributed by atoms with Crippen LogP contribution in [0.4, 0.5) is 0 Å². The summed E-state index contributed by atoms with van der Waals surface area (Å²) < 4.78 is 0.837. The topological polar surface area (TPSA) is 29.1 Å². The molecule has 84 valence electrons. The van der Waals surface area contributed by atoms with Crippen molar-refractivity contribution in [3.63, 3.8) is 0 Å². The third-order valence-electron chi connectivity index (χ3n) is 3.81. The third kappa shape index (κ3) is 2.83. The molecule has 1 amide bonds. The second kappa shape index (κ2) is 4.69. The first-order chi connectivity index (χ1) is 7.15. The molecule has 3 atom stereocenters. The quantitative estimate of drug-likeness (QED) is 0.837. The summed E-state index contributed by atoms with van der Waals surface area (Å²) in [4.78, 5) is 11.6. The number of amides is 1. The van der Waals surface area contributed by atoms with Crippen LogP contribution in [0.1, 0.15) is 32.1 Å². The molecule has 3 heteroatoms. The Morgan fingerprint density at radius 2 is 2.20 bits per heavy atom. The maximum absolute atomic E-state index is 11.6. The van der Waals surface area contributed by atoms with Gasteiger partial charge in [0.1, 0.15) is 0 Å². The number of carbonyl (C=O) groups excluding carboxylic acids is 1. The Morgan fingerprint density at radius 1 is 1.40 bits per heavy atom. The van der Waals surface area contributed by atoms with E-state index in [0.29, 0.717) is 12.5 Å². The van der Waals surface area contributed by atoms with Crippen molar-refractivity contribution >= 4 is 21.8 Å². The molecular formula is C12H18BrNO. The standard InChI is InChI=1S/C12H18BrNO/c1-8(13)7-14-12(15)6-11-5-9-2-3-10(11)4-9/h9-11H,1-7H2,(H,14,15). The molecule has 0 aromatic rings. The molecule has 2 nitrogen and oxygen atoms in total. The summed E-state index contributed by atoms with van der Waals surface area (Å²) in [6.45, 7) is 4.25. The van der Waals surface area contributed by atoms with Gasteiger partial charge in [-0.05, 0) is 37.0 Å². The number of rotatable bonds is 4. The molecule has 0 spiro atoms. The van der Waals surface area contributed by atoms with E-state index in [-0.39, 0.29) is 5.91 Å². The minimum Gasteiger partial charge on any atom is -0.352 e. The van der Waals surface area contributed by atoms with Crippen LogP contribution >= 0.6 is 15.9 Å². The van der Waals surface area contributed by atoms with Gasteiger partial charge in [0.25, 0.3) is 0 Å². The SMILES string of the molecule is C=C(Br)CNC(=O)CC1CC2CCC1C2. The van der Waals surface area contributed by atoms with Crippen molar-refractivity contribution in [1.29, 1.82) is 0 Å². The summed E-state index contributed by atoms with van der Waals surface area (Å²) in [5, 5.41) is 2.88. The van der Waals surface area contributed by atoms with E-state index in [9.17, 15) is 4.79 Å². The second-order valence-electron chi connectivity index (χ2n) is 4.93. The minimum absolute atomic E-state index is 0.188. The van der Waals surface area contributed by atoms with Crippen LogP contribution < -0.4 is 5.32 Å². The van der Waals surface area contributed by atoms with Gasteiger partial charge in [-0.3, -0.25) is 4.79 Å². The smallest absolute Gasteiger partial charge is 0.220 e. The molecule has 0 saturated heterocycles. The van der Waals surface area contributed by atoms with E-state index >= 15 is 0 Å². The van der Waals surface area contributed by atoms with E-state index in [1.165, 1.54) is 25.7 Å². The zero-order valence-electron chi connectivity index (χ0n) is 8.97. The molecule has 0 aromatic heterocycles. The zero-order chi connectivity index (χ0) is 10.8. The van der Waals surface area contributed by atoms with E-state index in [2.05, 4.69) is 27.8 Å². The first-order valence-corrected chi connectivity index (χ1v) is 6.54. The first kappa shape index (κ1) is 11.2. The highest BCUT2D eigenvalue weighted by Crippen LogP contribution is 2.49. The number of hydrogen-bond donors (Lipinski definition) is 1. The normalized spacial score (nSPS) is 33.0. The largest absolute Gasteiger partial charge is 0.352 e. The van der Waals surface area contributed by atoms with Crippen LogP contribution in [0.5, 0.6) is 0 Å². The van der Waals surface area contributed by atoms with Crippen molar-refractivity contribution in [2.24, 2.45) is 17.8 Å². The molecule has 15 heavy (non-hydrogen) atoms. The first-order valence-electron chi connectivity index (χ1n) is 5.75. The van der Waals surface area contributed by atoms with Gasteiger partial charge in [-0.2, -0.15) is 0 Å². The predicted molar refractivity (Wildman–Crippen MR) is 64.6 cm³/mol. The number of hydrogen-bond acceptors (Lipinski definition) is 1. The van der Waals surface area contributed by atoms with Gasteiger partial charge in [-0.25, -0.2) is 0 Å². The van der Waals surface area contributed by atoms with Gasteiger partial charge in [0, 0.05) is 17.4 Å². The van der Waals surface area contributed by atoms with Gasteiger partial charge in [-0.1, -0.05) is 28.9 Å². The summed E-state index contributed by atoms with van der Waals surface area (Å²) in [5.74, 6) is 2.62. The Kier molecular flexibility index (Phi) is 3.49. The Labute approximate surface area is 99.6 Å². The molecule has 2 aliphatic carbocycles. The molecule has 1 N–H and O–H groups in total. The van der Waals surface area contributed by atoms with Gasteiger partial charge in [-0.15, -0.1) is 0 Å². The van der Waals surface area contributed by atoms with Crippen molar-refractivity contribution < 1.29 is 4.79 Å². The van der Waals surface area contributed by atoms with Gasteiger partial charge < -0.3 is 5.32 Å². The van der Waals surface area contributed by atoms with Crippen molar-refractivity contribution in [2.75, 3.05) is 6.54 Å². The van der Waals surface area contributed by atoms with Crippen molar-refractivity contribution in [3.8, 4) is 0 Å². The summed E-state index contributed by atoms with van der Waals surface area (Å²) in [6, 6.07) is 0. The highest BCUT2D eigenvalue weighted by molar-refractivity contribution is 9.11. The molecule has 0 aromatic carbocycles. The lowest BCUT2D eigenvalue weighted by molar-refractivity contribution is -0.122. The molecule has 2 aliphatic rings. The van der Waals surface area contributed by atoms with Gasteiger partial charge >= 0.3 is 0 Å². The van der Waals surface area contributed by atoms with Gasteiger partial charge in [0.15, 0.2) is 0 Å². The summed E-state index contributed by atoms with van der Waals surface area (Å²) in [6.07, 6.45) is 6.15. The molecule has 0 aliphatic heterocycles. The van der Waals surface area contributed by atoms with E-state index in [0.717, 1.165) is 22.7 Å².